The van der Waals surface area contributed by atoms with E-state index >= 15 is 0 Å². The van der Waals surface area contributed by atoms with Gasteiger partial charge in [0.25, 0.3) is 11.1 Å². The number of fused-ring (bicyclic) bond motifs is 1. The van der Waals surface area contributed by atoms with Gasteiger partial charge in [-0.25, -0.2) is 9.78 Å². The number of rotatable bonds is 4. The van der Waals surface area contributed by atoms with Gasteiger partial charge in [-0.05, 0) is 52.8 Å². The van der Waals surface area contributed by atoms with Crippen LogP contribution in [0.2, 0.25) is 0 Å². The second-order valence-electron chi connectivity index (χ2n) is 10.3. The predicted molar refractivity (Wildman–Crippen MR) is 145 cm³/mol. The molecule has 2 amide bonds. The van der Waals surface area contributed by atoms with Crippen molar-refractivity contribution in [3.05, 3.63) is 46.4 Å². The standard InChI is InChI=1S/C26H33N5O5S/c1-15-12-30(13-16(2)31(15)25(34)36-26(3,4)5)19-10-9-18(21-22(19)37-24(28-21)35-7)23(33)27-17-8-11-20(32)29(6)14-17/h8-11,14-16H,12-13H2,1-7H3,(H,27,33)/t15-,16-/m0/s1. The summed E-state index contributed by atoms with van der Waals surface area (Å²) in [6, 6.07) is 6.47. The molecule has 0 unspecified atom stereocenters. The van der Waals surface area contributed by atoms with Crippen LogP contribution in [0.1, 0.15) is 45.0 Å². The first-order chi connectivity index (χ1) is 17.4. The molecule has 1 N–H and O–H groups in total. The third-order valence-electron chi connectivity index (χ3n) is 6.13. The zero-order chi connectivity index (χ0) is 27.1. The van der Waals surface area contributed by atoms with Crippen molar-refractivity contribution >= 4 is 44.9 Å². The number of aromatic nitrogens is 2. The van der Waals surface area contributed by atoms with E-state index in [0.717, 1.165) is 10.4 Å². The Labute approximate surface area is 219 Å². The van der Waals surface area contributed by atoms with Gasteiger partial charge in [-0.3, -0.25) is 14.5 Å². The molecule has 1 saturated heterocycles. The van der Waals surface area contributed by atoms with Crippen molar-refractivity contribution in [2.45, 2.75) is 52.3 Å². The van der Waals surface area contributed by atoms with Gasteiger partial charge in [0, 0.05) is 32.4 Å². The Morgan fingerprint density at radius 2 is 1.78 bits per heavy atom. The third-order valence-corrected chi connectivity index (χ3v) is 7.17. The van der Waals surface area contributed by atoms with Crippen LogP contribution in [0, 0.1) is 0 Å². The molecule has 0 saturated carbocycles. The number of carbonyl (C=O) groups is 2. The number of nitrogens with one attached hydrogen (secondary N) is 1. The molecular formula is C26H33N5O5S. The summed E-state index contributed by atoms with van der Waals surface area (Å²) < 4.78 is 13.3. The first kappa shape index (κ1) is 26.5. The summed E-state index contributed by atoms with van der Waals surface area (Å²) in [5, 5.41) is 3.30. The Morgan fingerprint density at radius 3 is 2.38 bits per heavy atom. The van der Waals surface area contributed by atoms with Crippen LogP contribution in [-0.4, -0.2) is 64.3 Å². The normalized spacial score (nSPS) is 18.1. The van der Waals surface area contributed by atoms with Crippen molar-refractivity contribution in [2.24, 2.45) is 7.05 Å². The molecule has 1 aromatic carbocycles. The lowest BCUT2D eigenvalue weighted by molar-refractivity contribution is 0.00567. The van der Waals surface area contributed by atoms with Crippen LogP contribution >= 0.6 is 11.3 Å². The molecule has 1 aliphatic rings. The summed E-state index contributed by atoms with van der Waals surface area (Å²) in [5.74, 6) is -0.334. The van der Waals surface area contributed by atoms with E-state index in [1.807, 2.05) is 40.7 Å². The van der Waals surface area contributed by atoms with E-state index in [9.17, 15) is 14.4 Å². The van der Waals surface area contributed by atoms with Crippen molar-refractivity contribution in [3.63, 3.8) is 0 Å². The number of thiazole rings is 1. The Balaban J connectivity index is 1.63. The SMILES string of the molecule is COc1nc2c(C(=O)Nc3ccc(=O)n(C)c3)ccc(N3C[C@H](C)N(C(=O)OC(C)(C)C)[C@@H](C)C3)c2s1. The average molecular weight is 528 g/mol. The van der Waals surface area contributed by atoms with E-state index < -0.39 is 5.60 Å². The van der Waals surface area contributed by atoms with Crippen molar-refractivity contribution < 1.29 is 19.1 Å². The molecule has 11 heteroatoms. The number of hydrogen-bond donors (Lipinski definition) is 1. The van der Waals surface area contributed by atoms with Crippen LogP contribution in [0.3, 0.4) is 0 Å². The quantitative estimate of drug-likeness (QED) is 0.545. The van der Waals surface area contributed by atoms with Gasteiger partial charge in [-0.15, -0.1) is 0 Å². The molecule has 4 rings (SSSR count). The number of anilines is 2. The van der Waals surface area contributed by atoms with Gasteiger partial charge in [0.15, 0.2) is 0 Å². The third kappa shape index (κ3) is 5.56. The van der Waals surface area contributed by atoms with Crippen LogP contribution in [0.4, 0.5) is 16.2 Å². The maximum atomic E-state index is 13.2. The molecule has 2 aromatic heterocycles. The summed E-state index contributed by atoms with van der Waals surface area (Å²) >= 11 is 1.37. The molecule has 0 spiro atoms. The Hall–Kier alpha value is -3.60. The average Bonchev–Trinajstić information content (AvgIpc) is 3.23. The number of aryl methyl sites for hydroxylation is 1. The van der Waals surface area contributed by atoms with E-state index in [4.69, 9.17) is 9.47 Å². The molecule has 0 bridgehead atoms. The molecule has 37 heavy (non-hydrogen) atoms. The van der Waals surface area contributed by atoms with Gasteiger partial charge in [-0.2, -0.15) is 0 Å². The fourth-order valence-electron chi connectivity index (χ4n) is 4.55. The minimum Gasteiger partial charge on any atom is -0.473 e. The Kier molecular flexibility index (Phi) is 7.18. The lowest BCUT2D eigenvalue weighted by Crippen LogP contribution is -2.59. The lowest BCUT2D eigenvalue weighted by atomic mass is 10.1. The van der Waals surface area contributed by atoms with Gasteiger partial charge < -0.3 is 24.3 Å². The molecule has 198 valence electrons. The van der Waals surface area contributed by atoms with Crippen LogP contribution in [0.5, 0.6) is 5.19 Å². The zero-order valence-corrected chi connectivity index (χ0v) is 23.0. The van der Waals surface area contributed by atoms with Crippen LogP contribution in [0.15, 0.2) is 35.3 Å². The number of benzene rings is 1. The van der Waals surface area contributed by atoms with Crippen LogP contribution < -0.4 is 20.5 Å². The van der Waals surface area contributed by atoms with Gasteiger partial charge in [0.2, 0.25) is 5.56 Å². The summed E-state index contributed by atoms with van der Waals surface area (Å²) in [6.45, 7) is 10.8. The maximum absolute atomic E-state index is 13.2. The van der Waals surface area contributed by atoms with Gasteiger partial charge in [-0.1, -0.05) is 11.3 Å². The first-order valence-electron chi connectivity index (χ1n) is 12.1. The number of carbonyl (C=O) groups excluding carboxylic acids is 2. The number of piperazine rings is 1. The highest BCUT2D eigenvalue weighted by molar-refractivity contribution is 7.21. The van der Waals surface area contributed by atoms with Crippen molar-refractivity contribution in [3.8, 4) is 5.19 Å². The molecular weight excluding hydrogens is 494 g/mol. The first-order valence-corrected chi connectivity index (χ1v) is 12.9. The summed E-state index contributed by atoms with van der Waals surface area (Å²) in [6.07, 6.45) is 1.25. The monoisotopic (exact) mass is 527 g/mol. The molecule has 1 fully saturated rings. The van der Waals surface area contributed by atoms with Gasteiger partial charge >= 0.3 is 6.09 Å². The fraction of sp³-hybridized carbons (Fsp3) is 0.462. The van der Waals surface area contributed by atoms with Crippen molar-refractivity contribution in [1.29, 1.82) is 0 Å². The molecule has 10 nitrogen and oxygen atoms in total. The smallest absolute Gasteiger partial charge is 0.410 e. The van der Waals surface area contributed by atoms with E-state index in [-0.39, 0.29) is 29.6 Å². The zero-order valence-electron chi connectivity index (χ0n) is 22.2. The van der Waals surface area contributed by atoms with E-state index in [0.29, 0.717) is 35.1 Å². The summed E-state index contributed by atoms with van der Waals surface area (Å²) in [5.41, 5.74) is 1.65. The number of pyridine rings is 1. The van der Waals surface area contributed by atoms with E-state index in [2.05, 4.69) is 15.2 Å². The number of hydrogen-bond acceptors (Lipinski definition) is 8. The van der Waals surface area contributed by atoms with Crippen LogP contribution in [0.25, 0.3) is 10.2 Å². The maximum Gasteiger partial charge on any atom is 0.410 e. The molecule has 3 aromatic rings. The minimum atomic E-state index is -0.566. The number of ether oxygens (including phenoxy) is 2. The number of nitrogens with zero attached hydrogens (tertiary/aromatic N) is 4. The molecule has 2 atom stereocenters. The highest BCUT2D eigenvalue weighted by Crippen LogP contribution is 2.39. The predicted octanol–water partition coefficient (Wildman–Crippen LogP) is 4.09. The second kappa shape index (κ2) is 10.0. The molecule has 0 radical (unpaired) electrons. The number of amides is 2. The largest absolute Gasteiger partial charge is 0.473 e. The van der Waals surface area contributed by atoms with E-state index in [1.54, 1.807) is 37.4 Å². The number of methoxy groups -OCH3 is 1. The van der Waals surface area contributed by atoms with E-state index in [1.165, 1.54) is 22.0 Å². The Bertz CT molecular complexity index is 1380. The molecule has 1 aliphatic heterocycles. The van der Waals surface area contributed by atoms with Crippen molar-refractivity contribution in [1.82, 2.24) is 14.5 Å². The van der Waals surface area contributed by atoms with Crippen molar-refractivity contribution in [2.75, 3.05) is 30.4 Å². The lowest BCUT2D eigenvalue weighted by Gasteiger charge is -2.45. The molecule has 3 heterocycles. The summed E-state index contributed by atoms with van der Waals surface area (Å²) in [7, 11) is 3.17. The summed E-state index contributed by atoms with van der Waals surface area (Å²) in [4.78, 5) is 46.3. The van der Waals surface area contributed by atoms with Gasteiger partial charge in [0.1, 0.15) is 11.1 Å². The highest BCUT2D eigenvalue weighted by Gasteiger charge is 2.36. The minimum absolute atomic E-state index is 0.0869. The highest BCUT2D eigenvalue weighted by atomic mass is 32.1. The fourth-order valence-corrected chi connectivity index (χ4v) is 5.50. The van der Waals surface area contributed by atoms with Crippen LogP contribution in [-0.2, 0) is 11.8 Å². The van der Waals surface area contributed by atoms with Gasteiger partial charge in [0.05, 0.1) is 40.8 Å². The Morgan fingerprint density at radius 1 is 1.11 bits per heavy atom. The topological polar surface area (TPSA) is 106 Å². The second-order valence-corrected chi connectivity index (χ2v) is 11.3. The molecule has 0 aliphatic carbocycles.